The smallest absolute Gasteiger partial charge is 0.361 e. The number of oxime groups is 1. The lowest BCUT2D eigenvalue weighted by Gasteiger charge is -2.54. The van der Waals surface area contributed by atoms with Crippen LogP contribution in [0.4, 0.5) is 0 Å². The summed E-state index contributed by atoms with van der Waals surface area (Å²) in [7, 11) is 0. The molecule has 5 nitrogen and oxygen atoms in total. The average molecular weight is 344 g/mol. The fourth-order valence-electron chi connectivity index (χ4n) is 4.56. The Labute approximate surface area is 125 Å². The summed E-state index contributed by atoms with van der Waals surface area (Å²) in [5, 5.41) is 12.7. The van der Waals surface area contributed by atoms with Crippen LogP contribution in [0.15, 0.2) is 5.16 Å². The average Bonchev–Trinajstić information content (AvgIpc) is 2.36. The van der Waals surface area contributed by atoms with Crippen molar-refractivity contribution in [3.63, 3.8) is 0 Å². The minimum Gasteiger partial charge on any atom is -0.476 e. The minimum absolute atomic E-state index is 0.0532. The van der Waals surface area contributed by atoms with Crippen molar-refractivity contribution in [2.75, 3.05) is 5.33 Å². The van der Waals surface area contributed by atoms with E-state index in [9.17, 15) is 9.59 Å². The maximum absolute atomic E-state index is 11.5. The summed E-state index contributed by atoms with van der Waals surface area (Å²) in [6.45, 7) is 0. The van der Waals surface area contributed by atoms with E-state index in [1.54, 1.807) is 0 Å². The van der Waals surface area contributed by atoms with Crippen molar-refractivity contribution in [1.29, 1.82) is 0 Å². The second-order valence-corrected chi connectivity index (χ2v) is 7.05. The Bertz CT molecular complexity index is 439. The predicted octanol–water partition coefficient (Wildman–Crippen LogP) is 2.38. The van der Waals surface area contributed by atoms with Crippen LogP contribution >= 0.6 is 15.9 Å². The monoisotopic (exact) mass is 343 g/mol. The molecule has 4 fully saturated rings. The van der Waals surface area contributed by atoms with Crippen molar-refractivity contribution in [2.24, 2.45) is 22.9 Å². The van der Waals surface area contributed by atoms with E-state index in [2.05, 4.69) is 21.1 Å². The lowest BCUT2D eigenvalue weighted by atomic mass is 9.54. The van der Waals surface area contributed by atoms with Gasteiger partial charge in [0.2, 0.25) is 11.5 Å². The highest BCUT2D eigenvalue weighted by atomic mass is 79.9. The summed E-state index contributed by atoms with van der Waals surface area (Å²) in [4.78, 5) is 28.3. The number of ketones is 1. The first-order chi connectivity index (χ1) is 9.51. The molecule has 110 valence electrons. The number of nitrogens with zero attached hydrogens (tertiary/aromatic N) is 1. The van der Waals surface area contributed by atoms with Gasteiger partial charge in [0.15, 0.2) is 0 Å². The van der Waals surface area contributed by atoms with Crippen LogP contribution in [0.3, 0.4) is 0 Å². The van der Waals surface area contributed by atoms with Crippen LogP contribution in [0.25, 0.3) is 0 Å². The third-order valence-corrected chi connectivity index (χ3v) is 5.41. The molecular formula is C14H18BrNO4. The molecule has 4 saturated carbocycles. The minimum atomic E-state index is -1.32. The summed E-state index contributed by atoms with van der Waals surface area (Å²) in [6.07, 6.45) is 6.70. The first-order valence-electron chi connectivity index (χ1n) is 7.10. The second-order valence-electron chi connectivity index (χ2n) is 6.49. The van der Waals surface area contributed by atoms with E-state index in [1.165, 1.54) is 19.3 Å². The number of aliphatic carboxylic acids is 1. The number of carbonyl (C=O) groups is 2. The van der Waals surface area contributed by atoms with E-state index < -0.39 is 17.5 Å². The lowest BCUT2D eigenvalue weighted by molar-refractivity contribution is -0.163. The number of rotatable bonds is 5. The van der Waals surface area contributed by atoms with Crippen molar-refractivity contribution >= 4 is 33.4 Å². The third-order valence-electron chi connectivity index (χ3n) is 4.90. The van der Waals surface area contributed by atoms with Gasteiger partial charge in [-0.25, -0.2) is 4.79 Å². The molecule has 0 spiro atoms. The van der Waals surface area contributed by atoms with Crippen LogP contribution in [0.2, 0.25) is 0 Å². The predicted molar refractivity (Wildman–Crippen MR) is 75.9 cm³/mol. The summed E-state index contributed by atoms with van der Waals surface area (Å²) >= 11 is 2.97. The molecule has 0 radical (unpaired) electrons. The quantitative estimate of drug-likeness (QED) is 0.360. The SMILES string of the molecule is O=C(O)/C(=N/OC12CC3CC(CC(C3)C1)C2)C(=O)CBr. The van der Waals surface area contributed by atoms with E-state index >= 15 is 0 Å². The Morgan fingerprint density at radius 3 is 2.05 bits per heavy atom. The Kier molecular flexibility index (Phi) is 3.60. The van der Waals surface area contributed by atoms with E-state index in [-0.39, 0.29) is 10.9 Å². The van der Waals surface area contributed by atoms with Crippen molar-refractivity contribution in [2.45, 2.75) is 44.1 Å². The van der Waals surface area contributed by atoms with Gasteiger partial charge in [-0.1, -0.05) is 21.1 Å². The molecule has 0 aliphatic heterocycles. The molecule has 20 heavy (non-hydrogen) atoms. The Morgan fingerprint density at radius 1 is 1.15 bits per heavy atom. The number of carbonyl (C=O) groups excluding carboxylic acids is 1. The van der Waals surface area contributed by atoms with Crippen LogP contribution < -0.4 is 0 Å². The molecule has 4 bridgehead atoms. The van der Waals surface area contributed by atoms with Crippen LogP contribution in [0.1, 0.15) is 38.5 Å². The number of hydrogen-bond donors (Lipinski definition) is 1. The molecule has 0 heterocycles. The molecule has 0 saturated heterocycles. The topological polar surface area (TPSA) is 76.0 Å². The number of carboxylic acids is 1. The molecule has 0 aromatic heterocycles. The van der Waals surface area contributed by atoms with Gasteiger partial charge in [0.25, 0.3) is 0 Å². The van der Waals surface area contributed by atoms with Gasteiger partial charge in [0, 0.05) is 0 Å². The summed E-state index contributed by atoms with van der Waals surface area (Å²) in [5.41, 5.74) is -0.820. The maximum Gasteiger partial charge on any atom is 0.361 e. The van der Waals surface area contributed by atoms with Crippen LogP contribution in [0, 0.1) is 17.8 Å². The molecule has 1 N–H and O–H groups in total. The first kappa shape index (κ1) is 14.0. The van der Waals surface area contributed by atoms with Gasteiger partial charge in [-0.3, -0.25) is 4.79 Å². The molecule has 0 unspecified atom stereocenters. The van der Waals surface area contributed by atoms with Crippen molar-refractivity contribution in [3.05, 3.63) is 0 Å². The summed E-state index contributed by atoms with van der Waals surface area (Å²) in [6, 6.07) is 0. The molecule has 4 aliphatic rings. The Balaban J connectivity index is 1.77. The van der Waals surface area contributed by atoms with Gasteiger partial charge in [-0.15, -0.1) is 0 Å². The molecule has 4 rings (SSSR count). The largest absolute Gasteiger partial charge is 0.476 e. The molecular weight excluding hydrogens is 326 g/mol. The van der Waals surface area contributed by atoms with E-state index in [0.717, 1.165) is 19.3 Å². The highest BCUT2D eigenvalue weighted by Crippen LogP contribution is 2.57. The molecule has 0 atom stereocenters. The van der Waals surface area contributed by atoms with Crippen LogP contribution in [-0.4, -0.2) is 33.5 Å². The number of alkyl halides is 1. The van der Waals surface area contributed by atoms with Gasteiger partial charge in [0.05, 0.1) is 5.33 Å². The van der Waals surface area contributed by atoms with Gasteiger partial charge < -0.3 is 9.94 Å². The van der Waals surface area contributed by atoms with Crippen molar-refractivity contribution in [1.82, 2.24) is 0 Å². The fourth-order valence-corrected chi connectivity index (χ4v) is 4.82. The third kappa shape index (κ3) is 2.50. The molecule has 0 aromatic carbocycles. The van der Waals surface area contributed by atoms with Gasteiger partial charge >= 0.3 is 5.97 Å². The molecule has 4 aliphatic carbocycles. The van der Waals surface area contributed by atoms with Gasteiger partial charge in [-0.2, -0.15) is 0 Å². The zero-order chi connectivity index (χ0) is 14.3. The Hall–Kier alpha value is -0.910. The highest BCUT2D eigenvalue weighted by Gasteiger charge is 2.53. The number of hydrogen-bond acceptors (Lipinski definition) is 4. The van der Waals surface area contributed by atoms with Crippen molar-refractivity contribution in [3.8, 4) is 0 Å². The van der Waals surface area contributed by atoms with Crippen molar-refractivity contribution < 1.29 is 19.5 Å². The zero-order valence-electron chi connectivity index (χ0n) is 11.2. The summed E-state index contributed by atoms with van der Waals surface area (Å²) < 4.78 is 0. The highest BCUT2D eigenvalue weighted by molar-refractivity contribution is 9.09. The fraction of sp³-hybridized carbons (Fsp3) is 0.786. The lowest BCUT2D eigenvalue weighted by Crippen LogP contribution is -2.51. The van der Waals surface area contributed by atoms with Gasteiger partial charge in [0.1, 0.15) is 5.60 Å². The number of halogens is 1. The van der Waals surface area contributed by atoms with E-state index in [0.29, 0.717) is 17.8 Å². The van der Waals surface area contributed by atoms with E-state index in [1.807, 2.05) is 0 Å². The van der Waals surface area contributed by atoms with Crippen LogP contribution in [-0.2, 0) is 14.4 Å². The second kappa shape index (κ2) is 5.13. The molecule has 0 amide bonds. The summed E-state index contributed by atoms with van der Waals surface area (Å²) in [5.74, 6) is 0.200. The first-order valence-corrected chi connectivity index (χ1v) is 8.22. The molecule has 0 aromatic rings. The zero-order valence-corrected chi connectivity index (χ0v) is 12.8. The number of Topliss-reactive ketones (excluding diaryl/α,β-unsaturated/α-hetero) is 1. The van der Waals surface area contributed by atoms with E-state index in [4.69, 9.17) is 9.94 Å². The van der Waals surface area contributed by atoms with Gasteiger partial charge in [-0.05, 0) is 56.3 Å². The maximum atomic E-state index is 11.5. The standard InChI is InChI=1S/C14H18BrNO4/c15-7-11(17)12(13(18)19)16-20-14-4-8-1-9(5-14)3-10(2-8)6-14/h8-10H,1-7H2,(H,18,19)/b16-12+. The normalized spacial score (nSPS) is 38.9. The van der Waals surface area contributed by atoms with Crippen LogP contribution in [0.5, 0.6) is 0 Å². The molecule has 6 heteroatoms. The Morgan fingerprint density at radius 2 is 1.65 bits per heavy atom. The number of carboxylic acid groups (broad SMARTS) is 1.